The van der Waals surface area contributed by atoms with E-state index >= 15 is 0 Å². The van der Waals surface area contributed by atoms with Gasteiger partial charge in [0.2, 0.25) is 10.0 Å². The molecule has 1 saturated heterocycles. The van der Waals surface area contributed by atoms with Crippen LogP contribution in [0.2, 0.25) is 0 Å². The first-order chi connectivity index (χ1) is 10.1. The number of piperidine rings is 1. The molecule has 1 N–H and O–H groups in total. The summed E-state index contributed by atoms with van der Waals surface area (Å²) in [5.74, 6) is 0.394. The Kier molecular flexibility index (Phi) is 3.95. The number of nitrogens with one attached hydrogen (secondary N) is 1. The van der Waals surface area contributed by atoms with Gasteiger partial charge in [0, 0.05) is 30.1 Å². The van der Waals surface area contributed by atoms with Crippen LogP contribution < -0.4 is 0 Å². The lowest BCUT2D eigenvalue weighted by atomic mass is 9.95. The maximum Gasteiger partial charge on any atom is 0.214 e. The van der Waals surface area contributed by atoms with Crippen molar-refractivity contribution in [1.29, 1.82) is 0 Å². The zero-order chi connectivity index (χ0) is 14.9. The summed E-state index contributed by atoms with van der Waals surface area (Å²) in [6.07, 6.45) is 4.26. The first kappa shape index (κ1) is 14.5. The second-order valence-corrected chi connectivity index (χ2v) is 7.65. The van der Waals surface area contributed by atoms with Crippen LogP contribution in [0.1, 0.15) is 37.8 Å². The largest absolute Gasteiger partial charge is 0.261 e. The van der Waals surface area contributed by atoms with E-state index in [2.05, 4.69) is 15.2 Å². The highest BCUT2D eigenvalue weighted by Gasteiger charge is 2.29. The Bertz CT molecular complexity index is 725. The highest BCUT2D eigenvalue weighted by atomic mass is 32.2. The monoisotopic (exact) mass is 308 g/mol. The van der Waals surface area contributed by atoms with E-state index in [-0.39, 0.29) is 11.7 Å². The fourth-order valence-electron chi connectivity index (χ4n) is 2.89. The number of nitrogens with zero attached hydrogens (tertiary/aromatic N) is 3. The molecule has 0 aliphatic carbocycles. The molecule has 0 aromatic carbocycles. The zero-order valence-corrected chi connectivity index (χ0v) is 12.9. The molecule has 3 heterocycles. The molecule has 3 rings (SSSR count). The Morgan fingerprint density at radius 1 is 1.43 bits per heavy atom. The van der Waals surface area contributed by atoms with Crippen molar-refractivity contribution in [3.05, 3.63) is 24.0 Å². The number of fused-ring (bicyclic) bond motifs is 1. The van der Waals surface area contributed by atoms with Crippen LogP contribution in [-0.4, -0.2) is 46.7 Å². The summed E-state index contributed by atoms with van der Waals surface area (Å²) in [5.41, 5.74) is 1.71. The summed E-state index contributed by atoms with van der Waals surface area (Å²) < 4.78 is 26.1. The summed E-state index contributed by atoms with van der Waals surface area (Å²) in [6, 6.07) is 3.97. The zero-order valence-electron chi connectivity index (χ0n) is 12.1. The topological polar surface area (TPSA) is 79.0 Å². The van der Waals surface area contributed by atoms with E-state index in [4.69, 9.17) is 0 Å². The van der Waals surface area contributed by atoms with Gasteiger partial charge in [-0.1, -0.05) is 6.92 Å². The Morgan fingerprint density at radius 3 is 3.10 bits per heavy atom. The number of rotatable bonds is 4. The molecule has 1 aliphatic rings. The third kappa shape index (κ3) is 2.94. The Hall–Kier alpha value is -1.47. The molecule has 0 amide bonds. The highest BCUT2D eigenvalue weighted by molar-refractivity contribution is 7.89. The number of pyridine rings is 1. The summed E-state index contributed by atoms with van der Waals surface area (Å²) in [6.45, 7) is 3.06. The summed E-state index contributed by atoms with van der Waals surface area (Å²) >= 11 is 0. The molecule has 6 nitrogen and oxygen atoms in total. The van der Waals surface area contributed by atoms with E-state index < -0.39 is 10.0 Å². The molecule has 1 aliphatic heterocycles. The molecule has 0 saturated carbocycles. The molecular weight excluding hydrogens is 288 g/mol. The van der Waals surface area contributed by atoms with Gasteiger partial charge in [0.1, 0.15) is 0 Å². The van der Waals surface area contributed by atoms with Crippen molar-refractivity contribution in [3.63, 3.8) is 0 Å². The Morgan fingerprint density at radius 2 is 2.29 bits per heavy atom. The Labute approximate surface area is 124 Å². The molecular formula is C14H20N4O2S. The van der Waals surface area contributed by atoms with Crippen molar-refractivity contribution >= 4 is 21.1 Å². The van der Waals surface area contributed by atoms with Gasteiger partial charge >= 0.3 is 0 Å². The normalized spacial score (nSPS) is 20.9. The standard InChI is InChI=1S/C14H20N4O2S/c1-2-8-21(19,20)18-7-3-4-12(10-18)13-6-5-11-9-15-17-14(11)16-13/h5-6,9,12H,2-4,7-8,10H2,1H3,(H,15,16,17)/t12-/m1/s1. The molecule has 1 atom stereocenters. The fourth-order valence-corrected chi connectivity index (χ4v) is 4.48. The number of sulfonamides is 1. The molecule has 21 heavy (non-hydrogen) atoms. The maximum absolute atomic E-state index is 12.2. The van der Waals surface area contributed by atoms with Crippen LogP contribution in [0.5, 0.6) is 0 Å². The molecule has 1 fully saturated rings. The molecule has 7 heteroatoms. The number of H-pyrrole nitrogens is 1. The predicted octanol–water partition coefficient (Wildman–Crippen LogP) is 1.88. The van der Waals surface area contributed by atoms with Crippen molar-refractivity contribution in [2.75, 3.05) is 18.8 Å². The molecule has 0 radical (unpaired) electrons. The Balaban J connectivity index is 1.82. The van der Waals surface area contributed by atoms with Gasteiger partial charge in [0.15, 0.2) is 5.65 Å². The van der Waals surface area contributed by atoms with Gasteiger partial charge in [-0.25, -0.2) is 17.7 Å². The summed E-state index contributed by atoms with van der Waals surface area (Å²) in [5, 5.41) is 7.82. The minimum absolute atomic E-state index is 0.165. The van der Waals surface area contributed by atoms with Crippen LogP contribution in [0.4, 0.5) is 0 Å². The van der Waals surface area contributed by atoms with Crippen LogP contribution in [0.3, 0.4) is 0 Å². The van der Waals surface area contributed by atoms with E-state index in [9.17, 15) is 8.42 Å². The lowest BCUT2D eigenvalue weighted by Gasteiger charge is -2.31. The highest BCUT2D eigenvalue weighted by Crippen LogP contribution is 2.28. The first-order valence-corrected chi connectivity index (χ1v) is 8.99. The van der Waals surface area contributed by atoms with Crippen molar-refractivity contribution in [1.82, 2.24) is 19.5 Å². The average molecular weight is 308 g/mol. The van der Waals surface area contributed by atoms with Gasteiger partial charge in [-0.15, -0.1) is 0 Å². The van der Waals surface area contributed by atoms with Gasteiger partial charge in [0.25, 0.3) is 0 Å². The lowest BCUT2D eigenvalue weighted by Crippen LogP contribution is -2.40. The van der Waals surface area contributed by atoms with E-state index in [0.717, 1.165) is 29.6 Å². The summed E-state index contributed by atoms with van der Waals surface area (Å²) in [7, 11) is -3.12. The van der Waals surface area contributed by atoms with Crippen LogP contribution in [0.15, 0.2) is 18.3 Å². The van der Waals surface area contributed by atoms with Gasteiger partial charge in [-0.05, 0) is 31.4 Å². The van der Waals surface area contributed by atoms with Gasteiger partial charge in [-0.2, -0.15) is 5.10 Å². The van der Waals surface area contributed by atoms with Crippen LogP contribution in [0, 0.1) is 0 Å². The molecule has 2 aromatic heterocycles. The summed E-state index contributed by atoms with van der Waals surface area (Å²) in [4.78, 5) is 4.58. The van der Waals surface area contributed by atoms with E-state index in [0.29, 0.717) is 19.5 Å². The smallest absolute Gasteiger partial charge is 0.214 e. The van der Waals surface area contributed by atoms with E-state index in [1.165, 1.54) is 0 Å². The molecule has 0 bridgehead atoms. The van der Waals surface area contributed by atoms with E-state index in [1.54, 1.807) is 10.5 Å². The second kappa shape index (κ2) is 5.73. The van der Waals surface area contributed by atoms with Gasteiger partial charge in [0.05, 0.1) is 11.9 Å². The quantitative estimate of drug-likeness (QED) is 0.935. The van der Waals surface area contributed by atoms with Crippen molar-refractivity contribution in [2.24, 2.45) is 0 Å². The fraction of sp³-hybridized carbons (Fsp3) is 0.571. The minimum Gasteiger partial charge on any atom is -0.261 e. The van der Waals surface area contributed by atoms with Crippen LogP contribution in [0.25, 0.3) is 11.0 Å². The second-order valence-electron chi connectivity index (χ2n) is 5.56. The minimum atomic E-state index is -3.12. The van der Waals surface area contributed by atoms with Crippen LogP contribution >= 0.6 is 0 Å². The number of aromatic amines is 1. The van der Waals surface area contributed by atoms with E-state index in [1.807, 2.05) is 19.1 Å². The maximum atomic E-state index is 12.2. The molecule has 2 aromatic rings. The third-order valence-electron chi connectivity index (χ3n) is 3.98. The number of hydrogen-bond acceptors (Lipinski definition) is 4. The SMILES string of the molecule is CCCS(=O)(=O)N1CCC[C@@H](c2ccc3cn[nH]c3n2)C1. The van der Waals surface area contributed by atoms with Gasteiger partial charge in [-0.3, -0.25) is 5.10 Å². The number of aromatic nitrogens is 3. The third-order valence-corrected chi connectivity index (χ3v) is 6.02. The van der Waals surface area contributed by atoms with Crippen LogP contribution in [-0.2, 0) is 10.0 Å². The molecule has 114 valence electrons. The van der Waals surface area contributed by atoms with Crippen molar-refractivity contribution in [2.45, 2.75) is 32.1 Å². The van der Waals surface area contributed by atoms with Crippen molar-refractivity contribution < 1.29 is 8.42 Å². The lowest BCUT2D eigenvalue weighted by molar-refractivity contribution is 0.313. The first-order valence-electron chi connectivity index (χ1n) is 7.38. The predicted molar refractivity (Wildman–Crippen MR) is 81.5 cm³/mol. The van der Waals surface area contributed by atoms with Gasteiger partial charge < -0.3 is 0 Å². The molecule has 0 unspecified atom stereocenters. The number of hydrogen-bond donors (Lipinski definition) is 1. The van der Waals surface area contributed by atoms with Crippen molar-refractivity contribution in [3.8, 4) is 0 Å². The molecule has 0 spiro atoms. The average Bonchev–Trinajstić information content (AvgIpc) is 2.94.